The monoisotopic (exact) mass is 301 g/mol. The predicted octanol–water partition coefficient (Wildman–Crippen LogP) is 2.26. The van der Waals surface area contributed by atoms with Gasteiger partial charge >= 0.3 is 6.03 Å². The number of carbonyl (C=O) groups is 1. The van der Waals surface area contributed by atoms with Crippen molar-refractivity contribution in [1.29, 1.82) is 0 Å². The van der Waals surface area contributed by atoms with Crippen LogP contribution in [0.2, 0.25) is 0 Å². The minimum Gasteiger partial charge on any atom is -0.504 e. The summed E-state index contributed by atoms with van der Waals surface area (Å²) in [7, 11) is 1.36. The number of rotatable bonds is 4. The second kappa shape index (κ2) is 6.98. The van der Waals surface area contributed by atoms with Gasteiger partial charge in [-0.15, -0.1) is 0 Å². The van der Waals surface area contributed by atoms with Crippen LogP contribution >= 0.6 is 0 Å². The van der Waals surface area contributed by atoms with Crippen molar-refractivity contribution in [2.75, 3.05) is 12.4 Å². The van der Waals surface area contributed by atoms with Crippen LogP contribution in [-0.4, -0.2) is 29.6 Å². The number of hydrogen-bond donors (Lipinski definition) is 4. The molecule has 0 fully saturated rings. The van der Waals surface area contributed by atoms with Gasteiger partial charge in [0.1, 0.15) is 0 Å². The number of carbonyl (C=O) groups excluding carboxylic acids is 1. The number of phenolic OH excluding ortho intramolecular Hbond substituents is 2. The smallest absolute Gasteiger partial charge is 0.339 e. The molecule has 0 aliphatic carbocycles. The molecule has 0 saturated heterocycles. The molecule has 0 unspecified atom stereocenters. The summed E-state index contributed by atoms with van der Waals surface area (Å²) < 4.78 is 4.90. The van der Waals surface area contributed by atoms with Crippen molar-refractivity contribution < 1.29 is 19.7 Å². The minimum absolute atomic E-state index is 0.107. The van der Waals surface area contributed by atoms with E-state index in [0.29, 0.717) is 11.3 Å². The lowest BCUT2D eigenvalue weighted by molar-refractivity contribution is 0.252. The highest BCUT2D eigenvalue weighted by molar-refractivity contribution is 5.90. The molecule has 7 heteroatoms. The summed E-state index contributed by atoms with van der Waals surface area (Å²) in [6.45, 7) is 0. The summed E-state index contributed by atoms with van der Waals surface area (Å²) in [6.07, 6.45) is 1.31. The van der Waals surface area contributed by atoms with Crippen LogP contribution in [0, 0.1) is 0 Å². The number of aromatic hydroxyl groups is 2. The molecular weight excluding hydrogens is 286 g/mol. The Hall–Kier alpha value is -3.22. The molecule has 0 aliphatic heterocycles. The number of nitrogens with zero attached hydrogens (tertiary/aromatic N) is 1. The van der Waals surface area contributed by atoms with E-state index in [1.165, 1.54) is 25.5 Å². The van der Waals surface area contributed by atoms with Crippen LogP contribution in [-0.2, 0) is 0 Å². The van der Waals surface area contributed by atoms with Gasteiger partial charge in [-0.3, -0.25) is 0 Å². The van der Waals surface area contributed by atoms with Crippen LogP contribution in [0.1, 0.15) is 5.56 Å². The Bertz CT molecular complexity index is 687. The summed E-state index contributed by atoms with van der Waals surface area (Å²) in [6, 6.07) is 11.2. The third-order valence-electron chi connectivity index (χ3n) is 2.71. The average Bonchev–Trinajstić information content (AvgIpc) is 2.51. The highest BCUT2D eigenvalue weighted by Gasteiger charge is 2.08. The molecule has 0 atom stereocenters. The van der Waals surface area contributed by atoms with Gasteiger partial charge in [0.05, 0.1) is 13.3 Å². The van der Waals surface area contributed by atoms with Crippen molar-refractivity contribution in [1.82, 2.24) is 5.43 Å². The molecule has 0 spiro atoms. The molecular formula is C15H15N3O4. The normalized spacial score (nSPS) is 10.4. The molecule has 2 amide bonds. The Balaban J connectivity index is 1.98. The summed E-state index contributed by atoms with van der Waals surface area (Å²) in [5, 5.41) is 25.4. The Kier molecular flexibility index (Phi) is 4.81. The Morgan fingerprint density at radius 3 is 2.64 bits per heavy atom. The first-order chi connectivity index (χ1) is 10.6. The standard InChI is InChI=1S/C15H15N3O4/c1-22-13-8-10(7-12(19)14(13)20)9-16-18-15(21)17-11-5-3-2-4-6-11/h2-9,19-20H,1H3,(H2,17,18,21)/b16-9+. The highest BCUT2D eigenvalue weighted by atomic mass is 16.5. The molecule has 0 radical (unpaired) electrons. The van der Waals surface area contributed by atoms with Gasteiger partial charge in [0.2, 0.25) is 5.75 Å². The Labute approximate surface area is 126 Å². The summed E-state index contributed by atoms with van der Waals surface area (Å²) in [4.78, 5) is 11.6. The zero-order valence-corrected chi connectivity index (χ0v) is 11.8. The van der Waals surface area contributed by atoms with E-state index in [0.717, 1.165) is 0 Å². The summed E-state index contributed by atoms with van der Waals surface area (Å²) >= 11 is 0. The molecule has 114 valence electrons. The first-order valence-electron chi connectivity index (χ1n) is 6.35. The fourth-order valence-electron chi connectivity index (χ4n) is 1.69. The molecule has 0 heterocycles. The molecule has 2 aromatic rings. The van der Waals surface area contributed by atoms with Crippen LogP contribution in [0.3, 0.4) is 0 Å². The first kappa shape index (κ1) is 15.2. The molecule has 22 heavy (non-hydrogen) atoms. The fraction of sp³-hybridized carbons (Fsp3) is 0.0667. The average molecular weight is 301 g/mol. The fourth-order valence-corrected chi connectivity index (χ4v) is 1.69. The molecule has 7 nitrogen and oxygen atoms in total. The van der Waals surface area contributed by atoms with E-state index in [9.17, 15) is 15.0 Å². The number of amides is 2. The van der Waals surface area contributed by atoms with E-state index < -0.39 is 6.03 Å². The second-order valence-electron chi connectivity index (χ2n) is 4.28. The van der Waals surface area contributed by atoms with Gasteiger partial charge in [0, 0.05) is 11.3 Å². The number of methoxy groups -OCH3 is 1. The van der Waals surface area contributed by atoms with Crippen LogP contribution in [0.5, 0.6) is 17.2 Å². The summed E-state index contributed by atoms with van der Waals surface area (Å²) in [5.41, 5.74) is 3.37. The molecule has 4 N–H and O–H groups in total. The molecule has 0 bridgehead atoms. The van der Waals surface area contributed by atoms with Crippen molar-refractivity contribution in [3.8, 4) is 17.2 Å². The third-order valence-corrected chi connectivity index (χ3v) is 2.71. The highest BCUT2D eigenvalue weighted by Crippen LogP contribution is 2.35. The molecule has 2 rings (SSSR count). The maximum absolute atomic E-state index is 11.6. The van der Waals surface area contributed by atoms with Crippen LogP contribution in [0.15, 0.2) is 47.6 Å². The van der Waals surface area contributed by atoms with Gasteiger partial charge in [0.25, 0.3) is 0 Å². The second-order valence-corrected chi connectivity index (χ2v) is 4.28. The lowest BCUT2D eigenvalue weighted by Crippen LogP contribution is -2.24. The number of urea groups is 1. The maximum Gasteiger partial charge on any atom is 0.339 e. The SMILES string of the molecule is COc1cc(/C=N/NC(=O)Nc2ccccc2)cc(O)c1O. The topological polar surface area (TPSA) is 103 Å². The molecule has 0 aromatic heterocycles. The van der Waals surface area contributed by atoms with E-state index >= 15 is 0 Å². The molecule has 2 aromatic carbocycles. The van der Waals surface area contributed by atoms with Crippen molar-refractivity contribution in [2.45, 2.75) is 0 Å². The first-order valence-corrected chi connectivity index (χ1v) is 6.35. The molecule has 0 saturated carbocycles. The van der Waals surface area contributed by atoms with Gasteiger partial charge in [-0.1, -0.05) is 18.2 Å². The predicted molar refractivity (Wildman–Crippen MR) is 82.5 cm³/mol. The zero-order valence-electron chi connectivity index (χ0n) is 11.8. The number of hydrogen-bond acceptors (Lipinski definition) is 5. The number of anilines is 1. The van der Waals surface area contributed by atoms with Crippen molar-refractivity contribution >= 4 is 17.9 Å². The Morgan fingerprint density at radius 2 is 1.95 bits per heavy atom. The quantitative estimate of drug-likeness (QED) is 0.395. The number of para-hydroxylation sites is 1. The number of ether oxygens (including phenoxy) is 1. The van der Waals surface area contributed by atoms with E-state index in [1.54, 1.807) is 24.3 Å². The number of hydrazone groups is 1. The van der Waals surface area contributed by atoms with Crippen LogP contribution < -0.4 is 15.5 Å². The van der Waals surface area contributed by atoms with Gasteiger partial charge in [-0.2, -0.15) is 5.10 Å². The largest absolute Gasteiger partial charge is 0.504 e. The van der Waals surface area contributed by atoms with Gasteiger partial charge in [-0.25, -0.2) is 10.2 Å². The third kappa shape index (κ3) is 3.89. The minimum atomic E-state index is -0.502. The van der Waals surface area contributed by atoms with E-state index in [1.807, 2.05) is 6.07 Å². The lowest BCUT2D eigenvalue weighted by Gasteiger charge is -2.06. The van der Waals surface area contributed by atoms with Crippen LogP contribution in [0.4, 0.5) is 10.5 Å². The van der Waals surface area contributed by atoms with Crippen molar-refractivity contribution in [3.63, 3.8) is 0 Å². The maximum atomic E-state index is 11.6. The molecule has 0 aliphatic rings. The summed E-state index contributed by atoms with van der Waals surface area (Å²) in [5.74, 6) is -0.584. The number of nitrogens with one attached hydrogen (secondary N) is 2. The van der Waals surface area contributed by atoms with Gasteiger partial charge < -0.3 is 20.3 Å². The van der Waals surface area contributed by atoms with Gasteiger partial charge in [0.15, 0.2) is 11.5 Å². The number of benzene rings is 2. The lowest BCUT2D eigenvalue weighted by atomic mass is 10.2. The van der Waals surface area contributed by atoms with Gasteiger partial charge in [-0.05, 0) is 24.3 Å². The van der Waals surface area contributed by atoms with Crippen molar-refractivity contribution in [3.05, 3.63) is 48.0 Å². The van der Waals surface area contributed by atoms with E-state index in [2.05, 4.69) is 15.8 Å². The van der Waals surface area contributed by atoms with E-state index in [-0.39, 0.29) is 17.2 Å². The number of phenols is 2. The van der Waals surface area contributed by atoms with Crippen LogP contribution in [0.25, 0.3) is 0 Å². The van der Waals surface area contributed by atoms with E-state index in [4.69, 9.17) is 4.74 Å². The van der Waals surface area contributed by atoms with Crippen molar-refractivity contribution in [2.24, 2.45) is 5.10 Å². The zero-order chi connectivity index (χ0) is 15.9. The Morgan fingerprint density at radius 1 is 1.23 bits per heavy atom.